The van der Waals surface area contributed by atoms with Gasteiger partial charge in [-0.05, 0) is 26.9 Å². The number of nitrogens with zero attached hydrogens (tertiary/aromatic N) is 3. The Morgan fingerprint density at radius 2 is 1.87 bits per heavy atom. The molecule has 0 spiro atoms. The van der Waals surface area contributed by atoms with Gasteiger partial charge in [0.15, 0.2) is 0 Å². The van der Waals surface area contributed by atoms with Gasteiger partial charge in [0.25, 0.3) is 0 Å². The molecule has 2 heterocycles. The van der Waals surface area contributed by atoms with Gasteiger partial charge in [-0.1, -0.05) is 11.6 Å². The Morgan fingerprint density at radius 3 is 2.48 bits per heavy atom. The Labute approximate surface area is 179 Å². The zero-order valence-corrected chi connectivity index (χ0v) is 17.3. The maximum atomic E-state index is 14.9. The minimum absolute atomic E-state index is 0.0315. The van der Waals surface area contributed by atoms with Crippen LogP contribution in [0.1, 0.15) is 13.3 Å². The standard InChI is InChI=1S/C19H19ClF5N5O/c1-10(19(23,24)25)28-17-15(16(20)29-18-27-5-6-30(17)18)14-12(21)8-11(9-13(14)22)31-7-3-4-26-2/h5-6,8-10,26,28H,3-4,7H2,1-2H3. The van der Waals surface area contributed by atoms with Crippen molar-refractivity contribution in [1.29, 1.82) is 0 Å². The van der Waals surface area contributed by atoms with E-state index in [9.17, 15) is 22.0 Å². The largest absolute Gasteiger partial charge is 0.493 e. The molecule has 0 fully saturated rings. The first-order chi connectivity index (χ1) is 14.6. The highest BCUT2D eigenvalue weighted by atomic mass is 35.5. The SMILES string of the molecule is CNCCCOc1cc(F)c(-c2c(Cl)nc3nccn3c2NC(C)C(F)(F)F)c(F)c1. The third kappa shape index (κ3) is 4.99. The molecular formula is C19H19ClF5N5O. The van der Waals surface area contributed by atoms with Crippen molar-refractivity contribution in [1.82, 2.24) is 19.7 Å². The van der Waals surface area contributed by atoms with Gasteiger partial charge in [-0.2, -0.15) is 18.2 Å². The monoisotopic (exact) mass is 463 g/mol. The molecule has 168 valence electrons. The summed E-state index contributed by atoms with van der Waals surface area (Å²) in [6.45, 7) is 1.75. The fraction of sp³-hybridized carbons (Fsp3) is 0.368. The van der Waals surface area contributed by atoms with Crippen molar-refractivity contribution in [2.45, 2.75) is 25.6 Å². The fourth-order valence-electron chi connectivity index (χ4n) is 2.88. The van der Waals surface area contributed by atoms with Gasteiger partial charge in [-0.3, -0.25) is 4.40 Å². The number of alkyl halides is 3. The molecule has 2 N–H and O–H groups in total. The van der Waals surface area contributed by atoms with Crippen molar-refractivity contribution in [3.05, 3.63) is 41.3 Å². The fourth-order valence-corrected chi connectivity index (χ4v) is 3.14. The minimum atomic E-state index is -4.62. The summed E-state index contributed by atoms with van der Waals surface area (Å²) in [6, 6.07) is -0.150. The quantitative estimate of drug-likeness (QED) is 0.288. The van der Waals surface area contributed by atoms with Crippen LogP contribution in [-0.2, 0) is 0 Å². The number of ether oxygens (including phenoxy) is 1. The third-order valence-corrected chi connectivity index (χ3v) is 4.73. The van der Waals surface area contributed by atoms with Gasteiger partial charge in [0.1, 0.15) is 34.4 Å². The number of hydrogen-bond donors (Lipinski definition) is 2. The van der Waals surface area contributed by atoms with Gasteiger partial charge in [0.05, 0.1) is 17.7 Å². The van der Waals surface area contributed by atoms with Crippen molar-refractivity contribution >= 4 is 23.2 Å². The minimum Gasteiger partial charge on any atom is -0.493 e. The van der Waals surface area contributed by atoms with Crippen LogP contribution < -0.4 is 15.4 Å². The van der Waals surface area contributed by atoms with Crippen LogP contribution >= 0.6 is 11.6 Å². The first-order valence-electron chi connectivity index (χ1n) is 9.26. The topological polar surface area (TPSA) is 63.5 Å². The summed E-state index contributed by atoms with van der Waals surface area (Å²) in [6.07, 6.45) is -1.43. The molecule has 0 radical (unpaired) electrons. The first-order valence-corrected chi connectivity index (χ1v) is 9.64. The lowest BCUT2D eigenvalue weighted by Crippen LogP contribution is -2.34. The van der Waals surface area contributed by atoms with Crippen LogP contribution in [0, 0.1) is 11.6 Å². The molecular weight excluding hydrogens is 445 g/mol. The van der Waals surface area contributed by atoms with Crippen molar-refractivity contribution < 1.29 is 26.7 Å². The maximum Gasteiger partial charge on any atom is 0.408 e. The number of anilines is 1. The Balaban J connectivity index is 2.09. The highest BCUT2D eigenvalue weighted by Crippen LogP contribution is 2.40. The molecule has 0 aliphatic rings. The summed E-state index contributed by atoms with van der Waals surface area (Å²) in [7, 11) is 1.76. The molecule has 0 saturated carbocycles. The molecule has 1 aromatic carbocycles. The van der Waals surface area contributed by atoms with E-state index in [1.807, 2.05) is 0 Å². The molecule has 12 heteroatoms. The molecule has 0 amide bonds. The normalized spacial score (nSPS) is 12.9. The number of fused-ring (bicyclic) bond motifs is 1. The van der Waals surface area contributed by atoms with Gasteiger partial charge in [-0.15, -0.1) is 0 Å². The molecule has 31 heavy (non-hydrogen) atoms. The summed E-state index contributed by atoms with van der Waals surface area (Å²) < 4.78 is 75.9. The van der Waals surface area contributed by atoms with Crippen molar-refractivity contribution in [3.63, 3.8) is 0 Å². The highest BCUT2D eigenvalue weighted by molar-refractivity contribution is 6.33. The molecule has 1 atom stereocenters. The molecule has 0 aliphatic carbocycles. The van der Waals surface area contributed by atoms with E-state index in [1.165, 1.54) is 12.4 Å². The van der Waals surface area contributed by atoms with E-state index in [2.05, 4.69) is 20.6 Å². The van der Waals surface area contributed by atoms with Crippen LogP contribution in [-0.4, -0.2) is 46.8 Å². The van der Waals surface area contributed by atoms with Gasteiger partial charge in [-0.25, -0.2) is 13.8 Å². The summed E-state index contributed by atoms with van der Waals surface area (Å²) in [5, 5.41) is 4.75. The zero-order chi connectivity index (χ0) is 22.8. The Hall–Kier alpha value is -2.66. The lowest BCUT2D eigenvalue weighted by Gasteiger charge is -2.22. The Kier molecular flexibility index (Phi) is 6.85. The zero-order valence-electron chi connectivity index (χ0n) is 16.5. The second kappa shape index (κ2) is 9.23. The van der Waals surface area contributed by atoms with Crippen LogP contribution in [0.3, 0.4) is 0 Å². The van der Waals surface area contributed by atoms with Crippen LogP contribution in [0.15, 0.2) is 24.5 Å². The number of imidazole rings is 1. The molecule has 3 aromatic rings. The third-order valence-electron chi connectivity index (χ3n) is 4.45. The van der Waals surface area contributed by atoms with Crippen LogP contribution in [0.2, 0.25) is 5.15 Å². The van der Waals surface area contributed by atoms with Crippen molar-refractivity contribution in [2.75, 3.05) is 25.5 Å². The summed E-state index contributed by atoms with van der Waals surface area (Å²) in [5.41, 5.74) is -0.993. The lowest BCUT2D eigenvalue weighted by molar-refractivity contribution is -0.138. The van der Waals surface area contributed by atoms with Gasteiger partial charge >= 0.3 is 6.18 Å². The number of benzene rings is 1. The Morgan fingerprint density at radius 1 is 1.19 bits per heavy atom. The number of rotatable bonds is 8. The second-order valence-electron chi connectivity index (χ2n) is 6.70. The van der Waals surface area contributed by atoms with E-state index >= 15 is 0 Å². The number of hydrogen-bond acceptors (Lipinski definition) is 5. The molecule has 3 rings (SSSR count). The van der Waals surface area contributed by atoms with Gasteiger partial charge < -0.3 is 15.4 Å². The van der Waals surface area contributed by atoms with Crippen molar-refractivity contribution in [2.24, 2.45) is 0 Å². The molecule has 6 nitrogen and oxygen atoms in total. The average Bonchev–Trinajstić information content (AvgIpc) is 3.14. The van der Waals surface area contributed by atoms with E-state index in [1.54, 1.807) is 7.05 Å². The first kappa shape index (κ1) is 23.0. The smallest absolute Gasteiger partial charge is 0.408 e. The van der Waals surface area contributed by atoms with Gasteiger partial charge in [0, 0.05) is 24.5 Å². The van der Waals surface area contributed by atoms with Crippen molar-refractivity contribution in [3.8, 4) is 16.9 Å². The summed E-state index contributed by atoms with van der Waals surface area (Å²) >= 11 is 6.14. The second-order valence-corrected chi connectivity index (χ2v) is 7.06. The molecule has 0 aliphatic heterocycles. The van der Waals surface area contributed by atoms with E-state index < -0.39 is 34.6 Å². The van der Waals surface area contributed by atoms with Gasteiger partial charge in [0.2, 0.25) is 5.78 Å². The van der Waals surface area contributed by atoms with Crippen LogP contribution in [0.25, 0.3) is 16.9 Å². The highest BCUT2D eigenvalue weighted by Gasteiger charge is 2.37. The number of halogens is 6. The summed E-state index contributed by atoms with van der Waals surface area (Å²) in [4.78, 5) is 7.83. The molecule has 0 saturated heterocycles. The number of nitrogens with one attached hydrogen (secondary N) is 2. The van der Waals surface area contributed by atoms with E-state index in [4.69, 9.17) is 16.3 Å². The number of aromatic nitrogens is 3. The molecule has 2 aromatic heterocycles. The predicted octanol–water partition coefficient (Wildman–Crippen LogP) is 4.68. The van der Waals surface area contributed by atoms with Crippen LogP contribution in [0.4, 0.5) is 27.8 Å². The van der Waals surface area contributed by atoms with Crippen LogP contribution in [0.5, 0.6) is 5.75 Å². The van der Waals surface area contributed by atoms with E-state index in [0.29, 0.717) is 13.0 Å². The maximum absolute atomic E-state index is 14.9. The lowest BCUT2D eigenvalue weighted by atomic mass is 10.1. The van der Waals surface area contributed by atoms with E-state index in [-0.39, 0.29) is 29.5 Å². The van der Waals surface area contributed by atoms with E-state index in [0.717, 1.165) is 23.5 Å². The summed E-state index contributed by atoms with van der Waals surface area (Å²) in [5.74, 6) is -2.50. The molecule has 1 unspecified atom stereocenters. The molecule has 0 bridgehead atoms. The predicted molar refractivity (Wildman–Crippen MR) is 107 cm³/mol. The Bertz CT molecular complexity index is 1050. The average molecular weight is 464 g/mol.